The summed E-state index contributed by atoms with van der Waals surface area (Å²) < 4.78 is 3.76. The zero-order chi connectivity index (χ0) is 13.7. The number of hydrogen-bond donors (Lipinski definition) is 1. The zero-order valence-electron chi connectivity index (χ0n) is 10.3. The molecule has 1 rings (SSSR count). The third-order valence-corrected chi connectivity index (χ3v) is 2.95. The highest BCUT2D eigenvalue weighted by Crippen LogP contribution is 2.21. The van der Waals surface area contributed by atoms with Crippen molar-refractivity contribution in [1.82, 2.24) is 14.5 Å². The Morgan fingerprint density at radius 3 is 2.72 bits per heavy atom. The van der Waals surface area contributed by atoms with E-state index in [4.69, 9.17) is 5.11 Å². The largest absolute Gasteiger partial charge is 0.480 e. The second-order valence-electron chi connectivity index (χ2n) is 4.01. The Morgan fingerprint density at radius 2 is 2.22 bits per heavy atom. The lowest BCUT2D eigenvalue weighted by molar-refractivity contribution is -0.137. The fraction of sp³-hybridized carbons (Fsp3) is 0.455. The van der Waals surface area contributed by atoms with E-state index in [0.29, 0.717) is 10.6 Å². The van der Waals surface area contributed by atoms with E-state index in [9.17, 15) is 9.59 Å². The Morgan fingerprint density at radius 1 is 1.56 bits per heavy atom. The Bertz CT molecular complexity index is 456. The molecule has 0 aliphatic carbocycles. The van der Waals surface area contributed by atoms with Crippen molar-refractivity contribution in [2.24, 2.45) is 0 Å². The highest BCUT2D eigenvalue weighted by molar-refractivity contribution is 7.08. The molecule has 1 amide bonds. The summed E-state index contributed by atoms with van der Waals surface area (Å²) in [6, 6.07) is 0. The minimum atomic E-state index is -1.06. The molecule has 0 fully saturated rings. The van der Waals surface area contributed by atoms with Crippen molar-refractivity contribution in [2.45, 2.75) is 19.8 Å². The van der Waals surface area contributed by atoms with Gasteiger partial charge >= 0.3 is 5.97 Å². The summed E-state index contributed by atoms with van der Waals surface area (Å²) in [5, 5.41) is 12.7. The molecule has 98 valence electrons. The summed E-state index contributed by atoms with van der Waals surface area (Å²) in [5.41, 5.74) is 0.601. The number of amides is 1. The first-order valence-corrected chi connectivity index (χ1v) is 6.19. The monoisotopic (exact) mass is 269 g/mol. The maximum Gasteiger partial charge on any atom is 0.323 e. The van der Waals surface area contributed by atoms with Crippen LogP contribution in [0.15, 0.2) is 12.7 Å². The number of hydrogen-bond acceptors (Lipinski definition) is 5. The van der Waals surface area contributed by atoms with Gasteiger partial charge in [-0.25, -0.2) is 0 Å². The van der Waals surface area contributed by atoms with Crippen molar-refractivity contribution in [3.8, 4) is 0 Å². The summed E-state index contributed by atoms with van der Waals surface area (Å²) >= 11 is 0.988. The Kier molecular flexibility index (Phi) is 4.96. The van der Waals surface area contributed by atoms with Crippen molar-refractivity contribution < 1.29 is 14.7 Å². The number of carboxylic acid groups (broad SMARTS) is 1. The molecular formula is C11H15N3O3S. The first-order valence-electron chi connectivity index (χ1n) is 5.41. The average molecular weight is 269 g/mol. The van der Waals surface area contributed by atoms with E-state index < -0.39 is 5.97 Å². The van der Waals surface area contributed by atoms with E-state index in [2.05, 4.69) is 16.2 Å². The molecule has 0 aliphatic rings. The van der Waals surface area contributed by atoms with Crippen LogP contribution in [0, 0.1) is 0 Å². The van der Waals surface area contributed by atoms with Crippen molar-refractivity contribution in [3.05, 3.63) is 23.2 Å². The number of aromatic nitrogens is 2. The normalized spacial score (nSPS) is 10.4. The topological polar surface area (TPSA) is 83.4 Å². The molecule has 1 aromatic heterocycles. The molecular weight excluding hydrogens is 254 g/mol. The van der Waals surface area contributed by atoms with Crippen LogP contribution in [0.25, 0.3) is 0 Å². The van der Waals surface area contributed by atoms with Gasteiger partial charge in [0.15, 0.2) is 0 Å². The highest BCUT2D eigenvalue weighted by Gasteiger charge is 2.24. The summed E-state index contributed by atoms with van der Waals surface area (Å²) in [6.45, 7) is 7.15. The van der Waals surface area contributed by atoms with E-state index in [1.807, 2.05) is 13.8 Å². The third-order valence-electron chi connectivity index (χ3n) is 2.22. The molecule has 0 spiro atoms. The molecule has 0 aromatic carbocycles. The highest BCUT2D eigenvalue weighted by atomic mass is 32.1. The first-order chi connectivity index (χ1) is 8.47. The molecule has 1 aromatic rings. The minimum absolute atomic E-state index is 0.0677. The van der Waals surface area contributed by atoms with Gasteiger partial charge in [-0.05, 0) is 17.5 Å². The molecule has 0 saturated carbocycles. The molecule has 0 unspecified atom stereocenters. The van der Waals surface area contributed by atoms with Gasteiger partial charge in [-0.1, -0.05) is 24.4 Å². The van der Waals surface area contributed by atoms with Gasteiger partial charge < -0.3 is 10.0 Å². The number of nitrogens with zero attached hydrogens (tertiary/aromatic N) is 3. The van der Waals surface area contributed by atoms with Crippen LogP contribution in [0.4, 0.5) is 0 Å². The van der Waals surface area contributed by atoms with Gasteiger partial charge in [0, 0.05) is 6.54 Å². The van der Waals surface area contributed by atoms with Gasteiger partial charge in [0.25, 0.3) is 5.91 Å². The second kappa shape index (κ2) is 6.25. The van der Waals surface area contributed by atoms with Crippen molar-refractivity contribution in [2.75, 3.05) is 13.1 Å². The minimum Gasteiger partial charge on any atom is -0.480 e. The van der Waals surface area contributed by atoms with Gasteiger partial charge in [-0.2, -0.15) is 0 Å². The number of aliphatic carboxylic acids is 1. The lowest BCUT2D eigenvalue weighted by atomic mass is 10.1. The van der Waals surface area contributed by atoms with Crippen LogP contribution >= 0.6 is 11.5 Å². The number of carbonyl (C=O) groups excluding carboxylic acids is 1. The maximum atomic E-state index is 12.2. The van der Waals surface area contributed by atoms with Crippen molar-refractivity contribution >= 4 is 23.4 Å². The molecule has 0 saturated heterocycles. The van der Waals surface area contributed by atoms with E-state index in [0.717, 1.165) is 11.5 Å². The molecule has 18 heavy (non-hydrogen) atoms. The molecule has 1 heterocycles. The maximum absolute atomic E-state index is 12.2. The molecule has 1 N–H and O–H groups in total. The lowest BCUT2D eigenvalue weighted by Crippen LogP contribution is -2.35. The first kappa shape index (κ1) is 14.3. The van der Waals surface area contributed by atoms with Crippen LogP contribution < -0.4 is 0 Å². The van der Waals surface area contributed by atoms with Crippen molar-refractivity contribution in [1.29, 1.82) is 0 Å². The standard InChI is InChI=1S/C11H15N3O3S/c1-4-5-14(6-8(15)16)11(17)10-9(7(2)3)12-13-18-10/h4,7H,1,5-6H2,2-3H3,(H,15,16). The molecule has 6 nitrogen and oxygen atoms in total. The van der Waals surface area contributed by atoms with Crippen LogP contribution in [0.1, 0.15) is 35.1 Å². The number of carbonyl (C=O) groups is 2. The molecule has 7 heteroatoms. The van der Waals surface area contributed by atoms with Gasteiger partial charge in [0.2, 0.25) is 0 Å². The third kappa shape index (κ3) is 3.36. The fourth-order valence-electron chi connectivity index (χ4n) is 1.41. The zero-order valence-corrected chi connectivity index (χ0v) is 11.1. The quantitative estimate of drug-likeness (QED) is 0.789. The fourth-order valence-corrected chi connectivity index (χ4v) is 2.19. The second-order valence-corrected chi connectivity index (χ2v) is 4.76. The van der Waals surface area contributed by atoms with E-state index in [-0.39, 0.29) is 24.9 Å². The summed E-state index contributed by atoms with van der Waals surface area (Å²) in [7, 11) is 0. The van der Waals surface area contributed by atoms with Gasteiger partial charge in [0.1, 0.15) is 11.4 Å². The molecule has 0 radical (unpaired) electrons. The van der Waals surface area contributed by atoms with E-state index in [1.54, 1.807) is 0 Å². The van der Waals surface area contributed by atoms with Crippen LogP contribution in [-0.4, -0.2) is 44.6 Å². The van der Waals surface area contributed by atoms with Gasteiger partial charge in [-0.3, -0.25) is 9.59 Å². The number of rotatable bonds is 6. The van der Waals surface area contributed by atoms with E-state index >= 15 is 0 Å². The van der Waals surface area contributed by atoms with Crippen LogP contribution in [0.3, 0.4) is 0 Å². The Balaban J connectivity index is 2.97. The predicted octanol–water partition coefficient (Wildman–Crippen LogP) is 1.37. The predicted molar refractivity (Wildman–Crippen MR) is 67.7 cm³/mol. The van der Waals surface area contributed by atoms with Crippen LogP contribution in [0.5, 0.6) is 0 Å². The summed E-state index contributed by atoms with van der Waals surface area (Å²) in [6.07, 6.45) is 1.49. The van der Waals surface area contributed by atoms with Crippen LogP contribution in [0.2, 0.25) is 0 Å². The lowest BCUT2D eigenvalue weighted by Gasteiger charge is -2.18. The molecule has 0 bridgehead atoms. The van der Waals surface area contributed by atoms with Crippen molar-refractivity contribution in [3.63, 3.8) is 0 Å². The van der Waals surface area contributed by atoms with E-state index in [1.165, 1.54) is 11.0 Å². The SMILES string of the molecule is C=CCN(CC(=O)O)C(=O)c1snnc1C(C)C. The summed E-state index contributed by atoms with van der Waals surface area (Å²) in [5.74, 6) is -1.36. The van der Waals surface area contributed by atoms with Gasteiger partial charge in [0.05, 0.1) is 5.69 Å². The summed E-state index contributed by atoms with van der Waals surface area (Å²) in [4.78, 5) is 24.5. The molecule has 0 aliphatic heterocycles. The Hall–Kier alpha value is -1.76. The molecule has 0 atom stereocenters. The number of carboxylic acids is 1. The smallest absolute Gasteiger partial charge is 0.323 e. The average Bonchev–Trinajstić information content (AvgIpc) is 2.75. The van der Waals surface area contributed by atoms with Crippen LogP contribution in [-0.2, 0) is 4.79 Å². The Labute approximate surface area is 109 Å². The van der Waals surface area contributed by atoms with Gasteiger partial charge in [-0.15, -0.1) is 11.7 Å².